The lowest BCUT2D eigenvalue weighted by atomic mass is 10.0. The van der Waals surface area contributed by atoms with Crippen LogP contribution in [-0.2, 0) is 11.2 Å². The molecule has 1 amide bonds. The Morgan fingerprint density at radius 3 is 2.63 bits per heavy atom. The minimum Gasteiger partial charge on any atom is -0.326 e. The van der Waals surface area contributed by atoms with E-state index in [0.29, 0.717) is 0 Å². The van der Waals surface area contributed by atoms with Gasteiger partial charge in [0.1, 0.15) is 0 Å². The lowest BCUT2D eigenvalue weighted by Crippen LogP contribution is -2.07. The predicted molar refractivity (Wildman–Crippen MR) is 107 cm³/mol. The highest BCUT2D eigenvalue weighted by atomic mass is 16.1. The summed E-state index contributed by atoms with van der Waals surface area (Å²) in [4.78, 5) is 11.5. The summed E-state index contributed by atoms with van der Waals surface area (Å²) in [7, 11) is 0. The summed E-state index contributed by atoms with van der Waals surface area (Å²) in [6.07, 6.45) is 1.79. The highest BCUT2D eigenvalue weighted by Gasteiger charge is 2.15. The minimum absolute atomic E-state index is 0.0902. The van der Waals surface area contributed by atoms with Crippen molar-refractivity contribution in [3.05, 3.63) is 53.9 Å². The van der Waals surface area contributed by atoms with Gasteiger partial charge in [-0.05, 0) is 25.0 Å². The third-order valence-electron chi connectivity index (χ3n) is 4.62. The minimum atomic E-state index is -0.0902. The van der Waals surface area contributed by atoms with Crippen molar-refractivity contribution in [2.75, 3.05) is 5.32 Å². The van der Waals surface area contributed by atoms with Gasteiger partial charge in [0.25, 0.3) is 0 Å². The molecule has 0 atom stereocenters. The Kier molecular flexibility index (Phi) is 4.32. The quantitative estimate of drug-likeness (QED) is 0.594. The normalized spacial score (nSPS) is 11.2. The van der Waals surface area contributed by atoms with Crippen LogP contribution in [-0.4, -0.2) is 25.7 Å². The standard InChI is InChI=1S/C21H21N5O/c1-4-7-19-23-24-21-17-9-6-5-8-16(17)20(25-26(19)21)15-11-10-13(2)18(12-15)22-14(3)27/h5-6,8-12H,4,7H2,1-3H3,(H,22,27). The van der Waals surface area contributed by atoms with E-state index in [1.165, 1.54) is 6.92 Å². The number of carbonyl (C=O) groups is 1. The van der Waals surface area contributed by atoms with Crippen LogP contribution >= 0.6 is 0 Å². The van der Waals surface area contributed by atoms with Crippen molar-refractivity contribution in [1.29, 1.82) is 0 Å². The van der Waals surface area contributed by atoms with Crippen LogP contribution < -0.4 is 5.32 Å². The third kappa shape index (κ3) is 3.03. The molecule has 0 bridgehead atoms. The largest absolute Gasteiger partial charge is 0.326 e. The number of aryl methyl sites for hydroxylation is 2. The zero-order chi connectivity index (χ0) is 19.0. The van der Waals surface area contributed by atoms with Gasteiger partial charge in [0, 0.05) is 35.4 Å². The van der Waals surface area contributed by atoms with Crippen molar-refractivity contribution in [2.24, 2.45) is 0 Å². The second kappa shape index (κ2) is 6.79. The van der Waals surface area contributed by atoms with E-state index in [1.54, 1.807) is 0 Å². The maximum atomic E-state index is 11.5. The van der Waals surface area contributed by atoms with Crippen LogP contribution in [0, 0.1) is 6.92 Å². The monoisotopic (exact) mass is 359 g/mol. The van der Waals surface area contributed by atoms with E-state index in [0.717, 1.165) is 57.6 Å². The van der Waals surface area contributed by atoms with Gasteiger partial charge in [0.2, 0.25) is 5.91 Å². The van der Waals surface area contributed by atoms with Crippen molar-refractivity contribution < 1.29 is 4.79 Å². The molecule has 0 aliphatic heterocycles. The number of hydrogen-bond acceptors (Lipinski definition) is 4. The fourth-order valence-electron chi connectivity index (χ4n) is 3.31. The van der Waals surface area contributed by atoms with E-state index < -0.39 is 0 Å². The fourth-order valence-corrected chi connectivity index (χ4v) is 3.31. The Hall–Kier alpha value is -3.28. The predicted octanol–water partition coefficient (Wildman–Crippen LogP) is 4.16. The summed E-state index contributed by atoms with van der Waals surface area (Å²) >= 11 is 0. The highest BCUT2D eigenvalue weighted by molar-refractivity contribution is 6.02. The maximum absolute atomic E-state index is 11.5. The van der Waals surface area contributed by atoms with Gasteiger partial charge in [-0.3, -0.25) is 4.79 Å². The van der Waals surface area contributed by atoms with Crippen LogP contribution in [0.25, 0.3) is 27.7 Å². The molecule has 27 heavy (non-hydrogen) atoms. The number of benzene rings is 2. The molecular weight excluding hydrogens is 338 g/mol. The maximum Gasteiger partial charge on any atom is 0.221 e. The van der Waals surface area contributed by atoms with E-state index in [4.69, 9.17) is 5.10 Å². The average Bonchev–Trinajstić information content (AvgIpc) is 3.06. The molecule has 0 aliphatic rings. The summed E-state index contributed by atoms with van der Waals surface area (Å²) in [5, 5.41) is 18.5. The van der Waals surface area contributed by atoms with Crippen LogP contribution in [0.1, 0.15) is 31.7 Å². The molecule has 6 heteroatoms. The van der Waals surface area contributed by atoms with Gasteiger partial charge < -0.3 is 5.32 Å². The van der Waals surface area contributed by atoms with Gasteiger partial charge in [-0.15, -0.1) is 10.2 Å². The van der Waals surface area contributed by atoms with Crippen molar-refractivity contribution in [3.63, 3.8) is 0 Å². The van der Waals surface area contributed by atoms with Gasteiger partial charge in [0.15, 0.2) is 11.5 Å². The first-order chi connectivity index (χ1) is 13.1. The van der Waals surface area contributed by atoms with Gasteiger partial charge in [-0.2, -0.15) is 9.61 Å². The summed E-state index contributed by atoms with van der Waals surface area (Å²) in [6, 6.07) is 14.1. The molecule has 2 aromatic heterocycles. The first-order valence-electron chi connectivity index (χ1n) is 9.10. The first-order valence-corrected chi connectivity index (χ1v) is 9.10. The van der Waals surface area contributed by atoms with E-state index in [-0.39, 0.29) is 5.91 Å². The summed E-state index contributed by atoms with van der Waals surface area (Å²) in [6.45, 7) is 5.60. The average molecular weight is 359 g/mol. The number of fused-ring (bicyclic) bond motifs is 3. The number of aromatic nitrogens is 4. The molecule has 0 saturated carbocycles. The first kappa shape index (κ1) is 17.1. The molecular formula is C21H21N5O. The van der Waals surface area contributed by atoms with E-state index in [1.807, 2.05) is 53.9 Å². The van der Waals surface area contributed by atoms with E-state index in [2.05, 4.69) is 22.4 Å². The molecule has 4 aromatic rings. The SMILES string of the molecule is CCCc1nnc2c3ccccc3c(-c3ccc(C)c(NC(C)=O)c3)nn12. The molecule has 136 valence electrons. The van der Waals surface area contributed by atoms with Gasteiger partial charge in [-0.25, -0.2) is 0 Å². The Bertz CT molecular complexity index is 1160. The lowest BCUT2D eigenvalue weighted by molar-refractivity contribution is -0.114. The van der Waals surface area contributed by atoms with Crippen LogP contribution in [0.2, 0.25) is 0 Å². The lowest BCUT2D eigenvalue weighted by Gasteiger charge is -2.12. The molecule has 1 N–H and O–H groups in total. The van der Waals surface area contributed by atoms with Crippen molar-refractivity contribution >= 4 is 28.0 Å². The molecule has 2 heterocycles. The third-order valence-corrected chi connectivity index (χ3v) is 4.62. The van der Waals surface area contributed by atoms with Crippen molar-refractivity contribution in [1.82, 2.24) is 19.8 Å². The number of nitrogens with one attached hydrogen (secondary N) is 1. The van der Waals surface area contributed by atoms with Gasteiger partial charge in [0.05, 0.1) is 5.69 Å². The summed E-state index contributed by atoms with van der Waals surface area (Å²) in [5.74, 6) is 0.765. The molecule has 0 unspecified atom stereocenters. The molecule has 2 aromatic carbocycles. The zero-order valence-corrected chi connectivity index (χ0v) is 15.7. The molecule has 0 spiro atoms. The van der Waals surface area contributed by atoms with Crippen LogP contribution in [0.3, 0.4) is 0 Å². The Morgan fingerprint density at radius 1 is 1.11 bits per heavy atom. The molecule has 0 radical (unpaired) electrons. The highest BCUT2D eigenvalue weighted by Crippen LogP contribution is 2.31. The molecule has 0 fully saturated rings. The van der Waals surface area contributed by atoms with Gasteiger partial charge >= 0.3 is 0 Å². The molecule has 6 nitrogen and oxygen atoms in total. The number of anilines is 1. The summed E-state index contributed by atoms with van der Waals surface area (Å²) in [5.41, 5.74) is 4.37. The number of hydrogen-bond donors (Lipinski definition) is 1. The number of nitrogens with zero attached hydrogens (tertiary/aromatic N) is 4. The van der Waals surface area contributed by atoms with Crippen molar-refractivity contribution in [3.8, 4) is 11.3 Å². The van der Waals surface area contributed by atoms with E-state index >= 15 is 0 Å². The Labute approximate surface area is 157 Å². The second-order valence-electron chi connectivity index (χ2n) is 6.71. The van der Waals surface area contributed by atoms with E-state index in [9.17, 15) is 4.79 Å². The molecule has 0 aliphatic carbocycles. The Balaban J connectivity index is 2.00. The summed E-state index contributed by atoms with van der Waals surface area (Å²) < 4.78 is 1.85. The smallest absolute Gasteiger partial charge is 0.221 e. The Morgan fingerprint density at radius 2 is 1.89 bits per heavy atom. The van der Waals surface area contributed by atoms with Crippen LogP contribution in [0.4, 0.5) is 5.69 Å². The van der Waals surface area contributed by atoms with Crippen molar-refractivity contribution in [2.45, 2.75) is 33.6 Å². The second-order valence-corrected chi connectivity index (χ2v) is 6.71. The van der Waals surface area contributed by atoms with Crippen LogP contribution in [0.15, 0.2) is 42.5 Å². The number of rotatable bonds is 4. The van der Waals surface area contributed by atoms with Crippen LogP contribution in [0.5, 0.6) is 0 Å². The molecule has 4 rings (SSSR count). The number of amides is 1. The molecule has 0 saturated heterocycles. The van der Waals surface area contributed by atoms with Gasteiger partial charge in [-0.1, -0.05) is 43.3 Å². The topological polar surface area (TPSA) is 72.2 Å². The fraction of sp³-hybridized carbons (Fsp3) is 0.238. The number of carbonyl (C=O) groups excluding carboxylic acids is 1. The zero-order valence-electron chi connectivity index (χ0n) is 15.7.